The maximum absolute atomic E-state index is 12.2. The van der Waals surface area contributed by atoms with Crippen LogP contribution in [0.2, 0.25) is 0 Å². The summed E-state index contributed by atoms with van der Waals surface area (Å²) in [6, 6.07) is 17.9. The molecule has 2 aromatic carbocycles. The number of rotatable bonds is 6. The van der Waals surface area contributed by atoms with Crippen LogP contribution in [0.4, 0.5) is 5.69 Å². The van der Waals surface area contributed by atoms with Gasteiger partial charge in [-0.05, 0) is 56.3 Å². The molecule has 6 heteroatoms. The largest absolute Gasteiger partial charge is 0.449 e. The molecule has 0 aliphatic heterocycles. The van der Waals surface area contributed by atoms with Crippen molar-refractivity contribution in [2.24, 2.45) is 0 Å². The molecule has 29 heavy (non-hydrogen) atoms. The van der Waals surface area contributed by atoms with Crippen LogP contribution < -0.4 is 5.32 Å². The molecule has 0 spiro atoms. The molecular weight excluding hydrogens is 368 g/mol. The summed E-state index contributed by atoms with van der Waals surface area (Å²) in [6.07, 6.45) is 1.80. The number of hydrogen-bond donors (Lipinski definition) is 1. The number of nitrogens with zero attached hydrogens (tertiary/aromatic N) is 1. The van der Waals surface area contributed by atoms with E-state index in [1.807, 2.05) is 30.3 Å². The third kappa shape index (κ3) is 5.35. The van der Waals surface area contributed by atoms with Gasteiger partial charge in [0.1, 0.15) is 0 Å². The van der Waals surface area contributed by atoms with Crippen LogP contribution in [0.25, 0.3) is 17.0 Å². The fourth-order valence-corrected chi connectivity index (χ4v) is 2.63. The van der Waals surface area contributed by atoms with Crippen molar-refractivity contribution in [1.82, 2.24) is 4.98 Å². The van der Waals surface area contributed by atoms with Gasteiger partial charge in [-0.1, -0.05) is 24.3 Å². The van der Waals surface area contributed by atoms with Crippen molar-refractivity contribution in [3.8, 4) is 0 Å². The van der Waals surface area contributed by atoms with Crippen molar-refractivity contribution >= 4 is 40.3 Å². The SMILES string of the molecule is CC(=O)c1ccc(NC(=O)C(C)OC(=O)C=Cc2ccc3ccccc3n2)cc1. The number of pyridine rings is 1. The van der Waals surface area contributed by atoms with Crippen molar-refractivity contribution in [3.05, 3.63) is 78.0 Å². The molecule has 0 saturated heterocycles. The van der Waals surface area contributed by atoms with Gasteiger partial charge in [-0.3, -0.25) is 9.59 Å². The molecule has 0 fully saturated rings. The van der Waals surface area contributed by atoms with Gasteiger partial charge in [0.2, 0.25) is 0 Å². The van der Waals surface area contributed by atoms with Gasteiger partial charge in [-0.2, -0.15) is 0 Å². The van der Waals surface area contributed by atoms with E-state index in [9.17, 15) is 14.4 Å². The lowest BCUT2D eigenvalue weighted by Gasteiger charge is -2.12. The number of para-hydroxylation sites is 1. The zero-order valence-electron chi connectivity index (χ0n) is 16.1. The lowest BCUT2D eigenvalue weighted by atomic mass is 10.1. The second-order valence-corrected chi connectivity index (χ2v) is 6.46. The zero-order chi connectivity index (χ0) is 20.8. The standard InChI is InChI=1S/C23H20N2O4/c1-15(26)17-7-10-20(11-8-17)25-23(28)16(2)29-22(27)14-13-19-12-9-18-5-3-4-6-21(18)24-19/h3-14,16H,1-2H3,(H,25,28). The number of fused-ring (bicyclic) bond motifs is 1. The number of hydrogen-bond acceptors (Lipinski definition) is 5. The number of anilines is 1. The number of benzene rings is 2. The number of aromatic nitrogens is 1. The Morgan fingerprint density at radius 1 is 1.00 bits per heavy atom. The summed E-state index contributed by atoms with van der Waals surface area (Å²) in [4.78, 5) is 39.9. The molecule has 1 heterocycles. The van der Waals surface area contributed by atoms with Gasteiger partial charge in [-0.15, -0.1) is 0 Å². The molecule has 0 radical (unpaired) electrons. The number of carbonyl (C=O) groups excluding carboxylic acids is 3. The molecule has 146 valence electrons. The third-order valence-electron chi connectivity index (χ3n) is 4.23. The van der Waals surface area contributed by atoms with E-state index >= 15 is 0 Å². The Morgan fingerprint density at radius 3 is 2.45 bits per heavy atom. The number of amides is 1. The van der Waals surface area contributed by atoms with Crippen molar-refractivity contribution in [2.75, 3.05) is 5.32 Å². The van der Waals surface area contributed by atoms with Crippen molar-refractivity contribution in [2.45, 2.75) is 20.0 Å². The fourth-order valence-electron chi connectivity index (χ4n) is 2.63. The van der Waals surface area contributed by atoms with Crippen LogP contribution in [-0.4, -0.2) is 28.7 Å². The summed E-state index contributed by atoms with van der Waals surface area (Å²) < 4.78 is 5.14. The minimum Gasteiger partial charge on any atom is -0.449 e. The maximum atomic E-state index is 12.2. The highest BCUT2D eigenvalue weighted by atomic mass is 16.5. The Labute approximate surface area is 168 Å². The van der Waals surface area contributed by atoms with E-state index in [1.54, 1.807) is 36.4 Å². The monoisotopic (exact) mass is 388 g/mol. The number of Topliss-reactive ketones (excluding diaryl/α,β-unsaturated/α-hetero) is 1. The summed E-state index contributed by atoms with van der Waals surface area (Å²) in [5.74, 6) is -1.17. The number of carbonyl (C=O) groups is 3. The number of esters is 1. The summed E-state index contributed by atoms with van der Waals surface area (Å²) in [5.41, 5.74) is 2.50. The van der Waals surface area contributed by atoms with Crippen LogP contribution in [-0.2, 0) is 14.3 Å². The minimum atomic E-state index is -0.982. The minimum absolute atomic E-state index is 0.0575. The first-order chi connectivity index (χ1) is 13.9. The number of ether oxygens (including phenoxy) is 1. The molecule has 1 aromatic heterocycles. The first-order valence-electron chi connectivity index (χ1n) is 9.09. The van der Waals surface area contributed by atoms with Crippen molar-refractivity contribution < 1.29 is 19.1 Å². The van der Waals surface area contributed by atoms with E-state index in [1.165, 1.54) is 19.9 Å². The zero-order valence-corrected chi connectivity index (χ0v) is 16.1. The Balaban J connectivity index is 1.56. The topological polar surface area (TPSA) is 85.4 Å². The van der Waals surface area contributed by atoms with Crippen LogP contribution in [0.5, 0.6) is 0 Å². The van der Waals surface area contributed by atoms with Crippen LogP contribution in [0.1, 0.15) is 29.9 Å². The molecule has 1 atom stereocenters. The molecule has 6 nitrogen and oxygen atoms in total. The molecule has 3 aromatic rings. The van der Waals surface area contributed by atoms with Gasteiger partial charge in [0, 0.05) is 22.7 Å². The molecule has 0 aliphatic rings. The van der Waals surface area contributed by atoms with Gasteiger partial charge in [0.15, 0.2) is 11.9 Å². The van der Waals surface area contributed by atoms with E-state index in [0.717, 1.165) is 10.9 Å². The predicted molar refractivity (Wildman–Crippen MR) is 111 cm³/mol. The third-order valence-corrected chi connectivity index (χ3v) is 4.23. The van der Waals surface area contributed by atoms with E-state index in [4.69, 9.17) is 4.74 Å². The Hall–Kier alpha value is -3.80. The Bertz CT molecular complexity index is 1090. The average molecular weight is 388 g/mol. The Kier molecular flexibility index (Phi) is 6.14. The molecule has 0 saturated carbocycles. The van der Waals surface area contributed by atoms with Crippen LogP contribution in [0.3, 0.4) is 0 Å². The van der Waals surface area contributed by atoms with Gasteiger partial charge in [0.05, 0.1) is 11.2 Å². The molecule has 0 aliphatic carbocycles. The van der Waals surface area contributed by atoms with Crippen LogP contribution in [0, 0.1) is 0 Å². The van der Waals surface area contributed by atoms with Gasteiger partial charge in [-0.25, -0.2) is 9.78 Å². The van der Waals surface area contributed by atoms with Gasteiger partial charge < -0.3 is 10.1 Å². The van der Waals surface area contributed by atoms with Gasteiger partial charge in [0.25, 0.3) is 5.91 Å². The normalized spacial score (nSPS) is 11.9. The Morgan fingerprint density at radius 2 is 1.72 bits per heavy atom. The second kappa shape index (κ2) is 8.93. The van der Waals surface area contributed by atoms with E-state index in [2.05, 4.69) is 10.3 Å². The summed E-state index contributed by atoms with van der Waals surface area (Å²) >= 11 is 0. The molecule has 3 rings (SSSR count). The van der Waals surface area contributed by atoms with Crippen LogP contribution >= 0.6 is 0 Å². The quantitative estimate of drug-likeness (QED) is 0.392. The fraction of sp³-hybridized carbons (Fsp3) is 0.130. The van der Waals surface area contributed by atoms with Crippen LogP contribution in [0.15, 0.2) is 66.7 Å². The lowest BCUT2D eigenvalue weighted by molar-refractivity contribution is -0.148. The highest BCUT2D eigenvalue weighted by Gasteiger charge is 2.16. The molecular formula is C23H20N2O4. The highest BCUT2D eigenvalue weighted by molar-refractivity contribution is 5.98. The van der Waals surface area contributed by atoms with E-state index < -0.39 is 18.0 Å². The smallest absolute Gasteiger partial charge is 0.331 e. The summed E-state index contributed by atoms with van der Waals surface area (Å²) in [5, 5.41) is 3.65. The molecule has 1 N–H and O–H groups in total. The summed E-state index contributed by atoms with van der Waals surface area (Å²) in [7, 11) is 0. The van der Waals surface area contributed by atoms with E-state index in [0.29, 0.717) is 16.9 Å². The molecule has 0 bridgehead atoms. The maximum Gasteiger partial charge on any atom is 0.331 e. The summed E-state index contributed by atoms with van der Waals surface area (Å²) in [6.45, 7) is 2.95. The van der Waals surface area contributed by atoms with Gasteiger partial charge >= 0.3 is 5.97 Å². The molecule has 1 unspecified atom stereocenters. The van der Waals surface area contributed by atoms with Crippen molar-refractivity contribution in [1.29, 1.82) is 0 Å². The lowest BCUT2D eigenvalue weighted by Crippen LogP contribution is -2.29. The predicted octanol–water partition coefficient (Wildman–Crippen LogP) is 4.02. The highest BCUT2D eigenvalue weighted by Crippen LogP contribution is 2.13. The molecule has 1 amide bonds. The average Bonchev–Trinajstić information content (AvgIpc) is 2.72. The number of nitrogens with one attached hydrogen (secondary N) is 1. The second-order valence-electron chi connectivity index (χ2n) is 6.46. The van der Waals surface area contributed by atoms with Crippen molar-refractivity contribution in [3.63, 3.8) is 0 Å². The van der Waals surface area contributed by atoms with E-state index in [-0.39, 0.29) is 5.78 Å². The first-order valence-corrected chi connectivity index (χ1v) is 9.09. The first kappa shape index (κ1) is 19.9. The number of ketones is 1.